The SMILES string of the molecule is CO/N=C1\CC(C)(C)CC(C)C1(C)C. The second-order valence-electron chi connectivity index (χ2n) is 5.89. The largest absolute Gasteiger partial charge is 0.399 e. The van der Waals surface area contributed by atoms with Crippen LogP contribution in [0.2, 0.25) is 0 Å². The summed E-state index contributed by atoms with van der Waals surface area (Å²) < 4.78 is 0. The second kappa shape index (κ2) is 3.56. The monoisotopic (exact) mass is 197 g/mol. The molecule has 0 aliphatic heterocycles. The Hall–Kier alpha value is -0.530. The average Bonchev–Trinajstić information content (AvgIpc) is 2.00. The van der Waals surface area contributed by atoms with Gasteiger partial charge >= 0.3 is 0 Å². The lowest BCUT2D eigenvalue weighted by Gasteiger charge is -2.45. The molecule has 0 saturated heterocycles. The van der Waals surface area contributed by atoms with E-state index >= 15 is 0 Å². The number of hydrogen-bond acceptors (Lipinski definition) is 2. The van der Waals surface area contributed by atoms with Crippen molar-refractivity contribution in [3.63, 3.8) is 0 Å². The maximum absolute atomic E-state index is 4.95. The fourth-order valence-corrected chi connectivity index (χ4v) is 2.38. The predicted molar refractivity (Wildman–Crippen MR) is 60.4 cm³/mol. The van der Waals surface area contributed by atoms with Crippen LogP contribution in [0, 0.1) is 16.7 Å². The second-order valence-corrected chi connectivity index (χ2v) is 5.89. The average molecular weight is 197 g/mol. The topological polar surface area (TPSA) is 21.6 Å². The molecule has 0 aromatic carbocycles. The summed E-state index contributed by atoms with van der Waals surface area (Å²) in [6, 6.07) is 0. The van der Waals surface area contributed by atoms with Crippen molar-refractivity contribution < 1.29 is 4.84 Å². The minimum atomic E-state index is 0.186. The fraction of sp³-hybridized carbons (Fsp3) is 0.917. The molecule has 82 valence electrons. The molecule has 0 bridgehead atoms. The highest BCUT2D eigenvalue weighted by Crippen LogP contribution is 2.46. The lowest BCUT2D eigenvalue weighted by molar-refractivity contribution is 0.150. The Morgan fingerprint density at radius 1 is 1.29 bits per heavy atom. The van der Waals surface area contributed by atoms with Crippen LogP contribution in [0.5, 0.6) is 0 Å². The number of rotatable bonds is 1. The summed E-state index contributed by atoms with van der Waals surface area (Å²) in [6.45, 7) is 11.5. The van der Waals surface area contributed by atoms with Crippen molar-refractivity contribution in [2.24, 2.45) is 21.9 Å². The van der Waals surface area contributed by atoms with Gasteiger partial charge in [-0.25, -0.2) is 0 Å². The summed E-state index contributed by atoms with van der Waals surface area (Å²) >= 11 is 0. The zero-order chi connectivity index (χ0) is 11.0. The summed E-state index contributed by atoms with van der Waals surface area (Å²) in [7, 11) is 1.63. The molecule has 2 nitrogen and oxygen atoms in total. The number of hydrogen-bond donors (Lipinski definition) is 0. The first-order valence-corrected chi connectivity index (χ1v) is 5.40. The Morgan fingerprint density at radius 2 is 1.86 bits per heavy atom. The molecular formula is C12H23NO. The zero-order valence-corrected chi connectivity index (χ0v) is 10.3. The molecule has 1 saturated carbocycles. The van der Waals surface area contributed by atoms with Gasteiger partial charge in [-0.2, -0.15) is 0 Å². The molecule has 0 aromatic heterocycles. The third-order valence-electron chi connectivity index (χ3n) is 3.68. The van der Waals surface area contributed by atoms with Crippen LogP contribution in [0.3, 0.4) is 0 Å². The fourth-order valence-electron chi connectivity index (χ4n) is 2.38. The lowest BCUT2D eigenvalue weighted by Crippen LogP contribution is -2.42. The van der Waals surface area contributed by atoms with E-state index in [1.165, 1.54) is 12.1 Å². The molecule has 0 radical (unpaired) electrons. The molecule has 2 heteroatoms. The maximum atomic E-state index is 4.95. The highest BCUT2D eigenvalue weighted by Gasteiger charge is 2.42. The van der Waals surface area contributed by atoms with Crippen molar-refractivity contribution in [3.8, 4) is 0 Å². The normalized spacial score (nSPS) is 33.0. The van der Waals surface area contributed by atoms with E-state index in [-0.39, 0.29) is 5.41 Å². The van der Waals surface area contributed by atoms with Crippen molar-refractivity contribution >= 4 is 5.71 Å². The summed E-state index contributed by atoms with van der Waals surface area (Å²) in [5.74, 6) is 0.667. The van der Waals surface area contributed by atoms with Crippen molar-refractivity contribution in [1.29, 1.82) is 0 Å². The highest BCUT2D eigenvalue weighted by atomic mass is 16.6. The smallest absolute Gasteiger partial charge is 0.106 e. The summed E-state index contributed by atoms with van der Waals surface area (Å²) in [4.78, 5) is 4.95. The summed E-state index contributed by atoms with van der Waals surface area (Å²) in [5, 5.41) is 4.20. The molecule has 0 N–H and O–H groups in total. The first-order chi connectivity index (χ1) is 6.29. The molecule has 0 aromatic rings. The molecule has 1 fully saturated rings. The molecule has 1 atom stereocenters. The third kappa shape index (κ3) is 2.10. The molecular weight excluding hydrogens is 174 g/mol. The van der Waals surface area contributed by atoms with Crippen molar-refractivity contribution in [3.05, 3.63) is 0 Å². The van der Waals surface area contributed by atoms with Crippen LogP contribution >= 0.6 is 0 Å². The molecule has 0 heterocycles. The molecule has 14 heavy (non-hydrogen) atoms. The number of oxime groups is 1. The Balaban J connectivity index is 2.96. The third-order valence-corrected chi connectivity index (χ3v) is 3.68. The van der Waals surface area contributed by atoms with Crippen molar-refractivity contribution in [2.75, 3.05) is 7.11 Å². The van der Waals surface area contributed by atoms with Crippen LogP contribution in [0.15, 0.2) is 5.16 Å². The Labute approximate surface area is 87.7 Å². The van der Waals surface area contributed by atoms with Gasteiger partial charge in [-0.1, -0.05) is 39.8 Å². The van der Waals surface area contributed by atoms with E-state index in [0.717, 1.165) is 6.42 Å². The van der Waals surface area contributed by atoms with Gasteiger partial charge < -0.3 is 4.84 Å². The standard InChI is InChI=1S/C12H23NO/c1-9-7-11(2,3)8-10(13-14-6)12(9,4)5/h9H,7-8H2,1-6H3/b13-10+. The number of nitrogens with zero attached hydrogens (tertiary/aromatic N) is 1. The Bertz CT molecular complexity index is 241. The van der Waals surface area contributed by atoms with E-state index in [2.05, 4.69) is 39.8 Å². The predicted octanol–water partition coefficient (Wildman–Crippen LogP) is 3.47. The maximum Gasteiger partial charge on any atom is 0.106 e. The van der Waals surface area contributed by atoms with Crippen LogP contribution < -0.4 is 0 Å². The van der Waals surface area contributed by atoms with Gasteiger partial charge in [0, 0.05) is 5.41 Å². The van der Waals surface area contributed by atoms with Crippen LogP contribution in [0.4, 0.5) is 0 Å². The molecule has 1 unspecified atom stereocenters. The van der Waals surface area contributed by atoms with Gasteiger partial charge in [0.25, 0.3) is 0 Å². The van der Waals surface area contributed by atoms with E-state index in [1.807, 2.05) is 0 Å². The highest BCUT2D eigenvalue weighted by molar-refractivity contribution is 5.90. The zero-order valence-electron chi connectivity index (χ0n) is 10.3. The van der Waals surface area contributed by atoms with Gasteiger partial charge in [0.1, 0.15) is 7.11 Å². The van der Waals surface area contributed by atoms with Gasteiger partial charge in [-0.3, -0.25) is 0 Å². The first kappa shape index (κ1) is 11.5. The first-order valence-electron chi connectivity index (χ1n) is 5.40. The van der Waals surface area contributed by atoms with Gasteiger partial charge in [-0.15, -0.1) is 0 Å². The van der Waals surface area contributed by atoms with Gasteiger partial charge in [0.05, 0.1) is 5.71 Å². The van der Waals surface area contributed by atoms with E-state index < -0.39 is 0 Å². The molecule has 1 rings (SSSR count). The lowest BCUT2D eigenvalue weighted by atomic mass is 9.60. The van der Waals surface area contributed by atoms with E-state index in [4.69, 9.17) is 4.84 Å². The van der Waals surface area contributed by atoms with E-state index in [0.29, 0.717) is 11.3 Å². The Morgan fingerprint density at radius 3 is 2.36 bits per heavy atom. The quantitative estimate of drug-likeness (QED) is 0.590. The molecule has 1 aliphatic rings. The van der Waals surface area contributed by atoms with E-state index in [1.54, 1.807) is 7.11 Å². The molecule has 0 amide bonds. The summed E-state index contributed by atoms with van der Waals surface area (Å²) in [5.41, 5.74) is 1.77. The Kier molecular flexibility index (Phi) is 2.93. The van der Waals surface area contributed by atoms with Crippen LogP contribution in [0.25, 0.3) is 0 Å². The van der Waals surface area contributed by atoms with Gasteiger partial charge in [-0.05, 0) is 24.2 Å². The summed E-state index contributed by atoms with van der Waals surface area (Å²) in [6.07, 6.45) is 2.32. The molecule has 0 spiro atoms. The minimum absolute atomic E-state index is 0.186. The van der Waals surface area contributed by atoms with Gasteiger partial charge in [0.15, 0.2) is 0 Å². The molecule has 1 aliphatic carbocycles. The minimum Gasteiger partial charge on any atom is -0.399 e. The van der Waals surface area contributed by atoms with Crippen LogP contribution in [-0.2, 0) is 4.84 Å². The van der Waals surface area contributed by atoms with Crippen LogP contribution in [-0.4, -0.2) is 12.8 Å². The van der Waals surface area contributed by atoms with Crippen molar-refractivity contribution in [2.45, 2.75) is 47.5 Å². The van der Waals surface area contributed by atoms with Gasteiger partial charge in [0.2, 0.25) is 0 Å². The van der Waals surface area contributed by atoms with Crippen LogP contribution in [0.1, 0.15) is 47.5 Å². The van der Waals surface area contributed by atoms with Crippen molar-refractivity contribution in [1.82, 2.24) is 0 Å². The van der Waals surface area contributed by atoms with E-state index in [9.17, 15) is 0 Å².